The maximum absolute atomic E-state index is 9.88. The summed E-state index contributed by atoms with van der Waals surface area (Å²) in [6.07, 6.45) is 1.19. The van der Waals surface area contributed by atoms with Crippen LogP contribution in [-0.4, -0.2) is 16.6 Å². The van der Waals surface area contributed by atoms with Gasteiger partial charge in [-0.15, -0.1) is 0 Å². The average Bonchev–Trinajstić information content (AvgIpc) is 2.84. The van der Waals surface area contributed by atoms with Gasteiger partial charge in [0.25, 0.3) is 0 Å². The van der Waals surface area contributed by atoms with Crippen molar-refractivity contribution in [2.45, 2.75) is 13.0 Å². The molecule has 4 N–H and O–H groups in total. The number of nitrogens with one attached hydrogen (secondary N) is 1. The van der Waals surface area contributed by atoms with Crippen LogP contribution in [0.1, 0.15) is 17.2 Å². The van der Waals surface area contributed by atoms with Gasteiger partial charge < -0.3 is 16.2 Å². The Hall–Kier alpha value is -1.59. The first kappa shape index (κ1) is 11.9. The number of pyridine rings is 1. The van der Waals surface area contributed by atoms with Gasteiger partial charge >= 0.3 is 0 Å². The van der Waals surface area contributed by atoms with E-state index in [2.05, 4.69) is 10.3 Å². The van der Waals surface area contributed by atoms with E-state index in [0.29, 0.717) is 18.1 Å². The number of nitrogens with two attached hydrogens (primary N) is 1. The Morgan fingerprint density at radius 1 is 1.59 bits per heavy atom. The molecule has 0 spiro atoms. The molecule has 0 saturated carbocycles. The van der Waals surface area contributed by atoms with Crippen molar-refractivity contribution in [1.82, 2.24) is 4.98 Å². The van der Waals surface area contributed by atoms with Crippen molar-refractivity contribution in [2.24, 2.45) is 0 Å². The van der Waals surface area contributed by atoms with Gasteiger partial charge in [-0.2, -0.15) is 11.3 Å². The second-order valence-electron chi connectivity index (χ2n) is 3.88. The number of hydrogen-bond acceptors (Lipinski definition) is 5. The molecule has 0 aliphatic rings. The van der Waals surface area contributed by atoms with E-state index >= 15 is 0 Å². The van der Waals surface area contributed by atoms with Crippen LogP contribution in [0.4, 0.5) is 11.5 Å². The molecule has 2 heterocycles. The van der Waals surface area contributed by atoms with Gasteiger partial charge in [0.15, 0.2) is 0 Å². The molecule has 5 heteroatoms. The number of hydrogen-bond donors (Lipinski definition) is 3. The quantitative estimate of drug-likeness (QED) is 0.776. The Kier molecular flexibility index (Phi) is 3.61. The van der Waals surface area contributed by atoms with Crippen LogP contribution in [0.3, 0.4) is 0 Å². The second kappa shape index (κ2) is 5.16. The number of aliphatic hydroxyl groups excluding tert-OH is 1. The van der Waals surface area contributed by atoms with Crippen LogP contribution < -0.4 is 11.1 Å². The van der Waals surface area contributed by atoms with Crippen molar-refractivity contribution in [2.75, 3.05) is 17.6 Å². The molecule has 2 rings (SSSR count). The van der Waals surface area contributed by atoms with Crippen LogP contribution in [0.15, 0.2) is 29.1 Å². The molecule has 0 amide bonds. The van der Waals surface area contributed by atoms with Gasteiger partial charge in [0.1, 0.15) is 5.82 Å². The maximum atomic E-state index is 9.88. The lowest BCUT2D eigenvalue weighted by atomic mass is 10.2. The molecular weight excluding hydrogens is 234 g/mol. The van der Waals surface area contributed by atoms with E-state index in [1.54, 1.807) is 23.6 Å². The van der Waals surface area contributed by atoms with E-state index in [4.69, 9.17) is 5.73 Å². The highest BCUT2D eigenvalue weighted by atomic mass is 32.1. The molecule has 0 aliphatic heterocycles. The van der Waals surface area contributed by atoms with Crippen molar-refractivity contribution >= 4 is 22.8 Å². The third kappa shape index (κ3) is 2.95. The number of aromatic nitrogens is 1. The molecule has 0 bridgehead atoms. The minimum Gasteiger partial charge on any atom is -0.398 e. The lowest BCUT2D eigenvalue weighted by molar-refractivity contribution is 0.192. The summed E-state index contributed by atoms with van der Waals surface area (Å²) in [7, 11) is 0. The summed E-state index contributed by atoms with van der Waals surface area (Å²) in [6.45, 7) is 2.33. The topological polar surface area (TPSA) is 71.2 Å². The van der Waals surface area contributed by atoms with Gasteiger partial charge in [0.2, 0.25) is 0 Å². The lowest BCUT2D eigenvalue weighted by Gasteiger charge is -2.11. The Morgan fingerprint density at radius 2 is 2.41 bits per heavy atom. The molecule has 0 aliphatic carbocycles. The largest absolute Gasteiger partial charge is 0.398 e. The molecule has 0 fully saturated rings. The molecule has 0 saturated heterocycles. The van der Waals surface area contributed by atoms with Crippen LogP contribution in [0.5, 0.6) is 0 Å². The van der Waals surface area contributed by atoms with Gasteiger partial charge in [-0.3, -0.25) is 0 Å². The van der Waals surface area contributed by atoms with Crippen molar-refractivity contribution in [1.29, 1.82) is 0 Å². The summed E-state index contributed by atoms with van der Waals surface area (Å²) in [5.41, 5.74) is 8.35. The third-order valence-electron chi connectivity index (χ3n) is 2.55. The zero-order valence-electron chi connectivity index (χ0n) is 9.55. The number of aryl methyl sites for hydroxylation is 1. The van der Waals surface area contributed by atoms with Gasteiger partial charge in [-0.05, 0) is 34.9 Å². The number of rotatable bonds is 4. The number of nitrogens with zero attached hydrogens (tertiary/aromatic N) is 1. The minimum absolute atomic E-state index is 0.423. The zero-order chi connectivity index (χ0) is 12.3. The Morgan fingerprint density at radius 3 is 3.06 bits per heavy atom. The van der Waals surface area contributed by atoms with E-state index in [0.717, 1.165) is 11.1 Å². The first-order valence-electron chi connectivity index (χ1n) is 5.33. The summed E-state index contributed by atoms with van der Waals surface area (Å²) >= 11 is 1.57. The monoisotopic (exact) mass is 249 g/mol. The SMILES string of the molecule is Cc1cnc(NCC(O)c2ccsc2)cc1N. The summed E-state index contributed by atoms with van der Waals surface area (Å²) in [6, 6.07) is 3.68. The molecule has 90 valence electrons. The molecule has 0 radical (unpaired) electrons. The summed E-state index contributed by atoms with van der Waals surface area (Å²) < 4.78 is 0. The van der Waals surface area contributed by atoms with E-state index in [1.165, 1.54) is 0 Å². The Labute approximate surface area is 104 Å². The number of thiophene rings is 1. The van der Waals surface area contributed by atoms with Gasteiger partial charge in [0.05, 0.1) is 6.10 Å². The second-order valence-corrected chi connectivity index (χ2v) is 4.66. The highest BCUT2D eigenvalue weighted by Gasteiger charge is 2.07. The number of aliphatic hydroxyl groups is 1. The highest BCUT2D eigenvalue weighted by molar-refractivity contribution is 7.07. The van der Waals surface area contributed by atoms with Crippen molar-refractivity contribution < 1.29 is 5.11 Å². The fourth-order valence-electron chi connectivity index (χ4n) is 1.42. The predicted molar refractivity (Wildman–Crippen MR) is 71.2 cm³/mol. The summed E-state index contributed by atoms with van der Waals surface area (Å²) in [5.74, 6) is 0.683. The van der Waals surface area contributed by atoms with E-state index < -0.39 is 6.10 Å². The van der Waals surface area contributed by atoms with E-state index in [9.17, 15) is 5.11 Å². The first-order valence-corrected chi connectivity index (χ1v) is 6.27. The lowest BCUT2D eigenvalue weighted by Crippen LogP contribution is -2.12. The predicted octanol–water partition coefficient (Wildman–Crippen LogP) is 2.18. The number of nitrogen functional groups attached to an aromatic ring is 1. The molecular formula is C12H15N3OS. The molecule has 2 aromatic heterocycles. The molecule has 2 aromatic rings. The van der Waals surface area contributed by atoms with Crippen LogP contribution in [-0.2, 0) is 0 Å². The van der Waals surface area contributed by atoms with Crippen molar-refractivity contribution in [3.8, 4) is 0 Å². The fourth-order valence-corrected chi connectivity index (χ4v) is 2.13. The molecule has 17 heavy (non-hydrogen) atoms. The zero-order valence-corrected chi connectivity index (χ0v) is 10.4. The van der Waals surface area contributed by atoms with Gasteiger partial charge in [0, 0.05) is 24.5 Å². The Balaban J connectivity index is 1.96. The highest BCUT2D eigenvalue weighted by Crippen LogP contribution is 2.18. The maximum Gasteiger partial charge on any atom is 0.128 e. The molecule has 0 aromatic carbocycles. The summed E-state index contributed by atoms with van der Waals surface area (Å²) in [4.78, 5) is 4.19. The normalized spacial score (nSPS) is 12.4. The van der Waals surface area contributed by atoms with Crippen molar-refractivity contribution in [3.05, 3.63) is 40.2 Å². The van der Waals surface area contributed by atoms with Crippen molar-refractivity contribution in [3.63, 3.8) is 0 Å². The molecule has 1 unspecified atom stereocenters. The standard InChI is InChI=1S/C12H15N3OS/c1-8-5-14-12(4-10(8)13)15-6-11(16)9-2-3-17-7-9/h2-5,7,11,16H,6H2,1H3,(H3,13,14,15). The minimum atomic E-state index is -0.523. The van der Waals surface area contributed by atoms with Crippen LogP contribution >= 0.6 is 11.3 Å². The van der Waals surface area contributed by atoms with Gasteiger partial charge in [-0.1, -0.05) is 0 Å². The van der Waals surface area contributed by atoms with Crippen LogP contribution in [0, 0.1) is 6.92 Å². The summed E-state index contributed by atoms with van der Waals surface area (Å²) in [5, 5.41) is 16.8. The first-order chi connectivity index (χ1) is 8.16. The van der Waals surface area contributed by atoms with E-state index in [-0.39, 0.29) is 0 Å². The molecule has 4 nitrogen and oxygen atoms in total. The third-order valence-corrected chi connectivity index (χ3v) is 3.25. The van der Waals surface area contributed by atoms with Crippen LogP contribution in [0.2, 0.25) is 0 Å². The smallest absolute Gasteiger partial charge is 0.128 e. The van der Waals surface area contributed by atoms with Crippen LogP contribution in [0.25, 0.3) is 0 Å². The Bertz CT molecular complexity index is 485. The van der Waals surface area contributed by atoms with E-state index in [1.807, 2.05) is 23.8 Å². The number of anilines is 2. The average molecular weight is 249 g/mol. The molecule has 1 atom stereocenters. The fraction of sp³-hybridized carbons (Fsp3) is 0.250. The van der Waals surface area contributed by atoms with Gasteiger partial charge in [-0.25, -0.2) is 4.98 Å².